The molecule has 0 spiro atoms. The van der Waals surface area contributed by atoms with Crippen LogP contribution in [0.2, 0.25) is 0 Å². The lowest BCUT2D eigenvalue weighted by Gasteiger charge is -2.22. The van der Waals surface area contributed by atoms with Gasteiger partial charge in [0.05, 0.1) is 19.8 Å². The highest BCUT2D eigenvalue weighted by molar-refractivity contribution is 7.48. The third kappa shape index (κ3) is 33.1. The topological polar surface area (TPSA) is 97.4 Å². The Balaban J connectivity index is 1.77. The van der Waals surface area contributed by atoms with Gasteiger partial charge >= 0.3 is 19.8 Å². The Morgan fingerprint density at radius 2 is 0.742 bits per heavy atom. The first kappa shape index (κ1) is 55.6. The Morgan fingerprint density at radius 3 is 1.10 bits per heavy atom. The number of esters is 2. The molecule has 62 heavy (non-hydrogen) atoms. The fourth-order valence-electron chi connectivity index (χ4n) is 7.64. The van der Waals surface area contributed by atoms with E-state index in [-0.39, 0.29) is 38.8 Å². The fourth-order valence-corrected chi connectivity index (χ4v) is 8.83. The molecule has 8 nitrogen and oxygen atoms in total. The summed E-state index contributed by atoms with van der Waals surface area (Å²) in [4.78, 5) is 25.9. The van der Waals surface area contributed by atoms with Gasteiger partial charge in [-0.25, -0.2) is 4.57 Å². The second kappa shape index (κ2) is 40.0. The zero-order valence-corrected chi connectivity index (χ0v) is 40.4. The van der Waals surface area contributed by atoms with E-state index < -0.39 is 19.9 Å². The van der Waals surface area contributed by atoms with Crippen LogP contribution >= 0.6 is 7.82 Å². The molecule has 2 aromatic carbocycles. The van der Waals surface area contributed by atoms with E-state index >= 15 is 0 Å². The largest absolute Gasteiger partial charge is 0.475 e. The van der Waals surface area contributed by atoms with Gasteiger partial charge in [-0.1, -0.05) is 254 Å². The maximum Gasteiger partial charge on any atom is 0.475 e. The van der Waals surface area contributed by atoms with Crippen molar-refractivity contribution >= 4 is 19.8 Å². The van der Waals surface area contributed by atoms with Gasteiger partial charge in [0.25, 0.3) is 0 Å². The molecule has 0 aliphatic rings. The zero-order valence-electron chi connectivity index (χ0n) is 39.5. The lowest BCUT2D eigenvalue weighted by molar-refractivity contribution is -0.161. The van der Waals surface area contributed by atoms with Crippen LogP contribution in [0, 0.1) is 0 Å². The first-order valence-corrected chi connectivity index (χ1v) is 26.9. The molecule has 0 bridgehead atoms. The molecule has 1 atom stereocenters. The van der Waals surface area contributed by atoms with Crippen LogP contribution in [-0.2, 0) is 50.4 Å². The number of unbranched alkanes of at least 4 members (excludes halogenated alkanes) is 28. The predicted molar refractivity (Wildman–Crippen MR) is 256 cm³/mol. The van der Waals surface area contributed by atoms with Gasteiger partial charge in [0.2, 0.25) is 0 Å². The number of carbonyl (C=O) groups is 2. The molecule has 0 saturated carbocycles. The summed E-state index contributed by atoms with van der Waals surface area (Å²) in [5, 5.41) is 0. The van der Waals surface area contributed by atoms with Crippen molar-refractivity contribution in [1.29, 1.82) is 0 Å². The van der Waals surface area contributed by atoms with Crippen molar-refractivity contribution in [2.75, 3.05) is 13.2 Å². The Hall–Kier alpha value is -2.51. The highest BCUT2D eigenvalue weighted by Gasteiger charge is 2.30. The van der Waals surface area contributed by atoms with E-state index in [2.05, 4.69) is 13.8 Å². The summed E-state index contributed by atoms with van der Waals surface area (Å²) in [6.45, 7) is 4.04. The van der Waals surface area contributed by atoms with Gasteiger partial charge in [-0.2, -0.15) is 0 Å². The Labute approximate surface area is 379 Å². The van der Waals surface area contributed by atoms with Gasteiger partial charge in [0, 0.05) is 12.8 Å². The standard InChI is InChI=1S/C53H89O8P/c1-3-5-7-9-11-13-15-17-19-21-23-25-27-29-37-43-52(54)57-47-51(61-53(55)44-38-30-28-26-24-22-20-18-16-14-12-10-8-6-4-2)48-60-62(56,58-45-49-39-33-31-34-40-49)59-46-50-41-35-32-36-42-50/h31-36,39-42,51H,3-30,37-38,43-48H2,1-2H3/t51-/m1/s1. The van der Waals surface area contributed by atoms with Crippen molar-refractivity contribution in [1.82, 2.24) is 0 Å². The molecule has 0 aliphatic carbocycles. The van der Waals surface area contributed by atoms with Crippen molar-refractivity contribution in [3.63, 3.8) is 0 Å². The number of phosphoric ester groups is 1. The van der Waals surface area contributed by atoms with Gasteiger partial charge in [-0.05, 0) is 24.0 Å². The average Bonchev–Trinajstić information content (AvgIpc) is 3.29. The number of benzene rings is 2. The zero-order chi connectivity index (χ0) is 44.4. The normalized spacial score (nSPS) is 12.1. The number of rotatable bonds is 44. The molecule has 0 fully saturated rings. The molecule has 354 valence electrons. The van der Waals surface area contributed by atoms with Gasteiger partial charge in [0.15, 0.2) is 6.10 Å². The smallest absolute Gasteiger partial charge is 0.462 e. The molecule has 0 amide bonds. The molecule has 0 aliphatic heterocycles. The van der Waals surface area contributed by atoms with Crippen molar-refractivity contribution in [2.45, 2.75) is 239 Å². The molecular formula is C53H89O8P. The molecule has 2 aromatic rings. The van der Waals surface area contributed by atoms with Crippen molar-refractivity contribution < 1.29 is 37.2 Å². The third-order valence-electron chi connectivity index (χ3n) is 11.6. The molecule has 2 rings (SSSR count). The van der Waals surface area contributed by atoms with Crippen LogP contribution < -0.4 is 0 Å². The van der Waals surface area contributed by atoms with Crippen LogP contribution in [0.1, 0.15) is 230 Å². The van der Waals surface area contributed by atoms with E-state index in [4.69, 9.17) is 23.0 Å². The Morgan fingerprint density at radius 1 is 0.419 bits per heavy atom. The van der Waals surface area contributed by atoms with Gasteiger partial charge in [-0.15, -0.1) is 0 Å². The SMILES string of the molecule is CCCCCCCCCCCCCCCCCC(=O)OC[C@H](COP(=O)(OCc1ccccc1)OCc1ccccc1)OC(=O)CCCCCCCCCCCCCCCCC. The number of ether oxygens (including phenoxy) is 2. The second-order valence-corrected chi connectivity index (χ2v) is 19.1. The molecule has 0 radical (unpaired) electrons. The van der Waals surface area contributed by atoms with Crippen LogP contribution in [0.5, 0.6) is 0 Å². The summed E-state index contributed by atoms with van der Waals surface area (Å²) in [7, 11) is -4.13. The van der Waals surface area contributed by atoms with Crippen LogP contribution in [0.25, 0.3) is 0 Å². The van der Waals surface area contributed by atoms with E-state index in [0.29, 0.717) is 6.42 Å². The number of phosphoric acid groups is 1. The maximum atomic E-state index is 14.0. The third-order valence-corrected chi connectivity index (χ3v) is 12.9. The summed E-state index contributed by atoms with van der Waals surface area (Å²) < 4.78 is 42.8. The molecule has 0 saturated heterocycles. The summed E-state index contributed by atoms with van der Waals surface area (Å²) >= 11 is 0. The van der Waals surface area contributed by atoms with Crippen LogP contribution in [0.4, 0.5) is 0 Å². The van der Waals surface area contributed by atoms with Gasteiger partial charge in [0.1, 0.15) is 6.61 Å². The monoisotopic (exact) mass is 885 g/mol. The van der Waals surface area contributed by atoms with Gasteiger partial charge in [-0.3, -0.25) is 23.2 Å². The lowest BCUT2D eigenvalue weighted by atomic mass is 10.0. The first-order chi connectivity index (χ1) is 30.4. The summed E-state index contributed by atoms with van der Waals surface area (Å²) in [5.74, 6) is -0.732. The molecule has 0 aromatic heterocycles. The highest BCUT2D eigenvalue weighted by atomic mass is 31.2. The van der Waals surface area contributed by atoms with Crippen LogP contribution in [-0.4, -0.2) is 31.3 Å². The quantitative estimate of drug-likeness (QED) is 0.0369. The van der Waals surface area contributed by atoms with E-state index in [1.807, 2.05) is 60.7 Å². The summed E-state index contributed by atoms with van der Waals surface area (Å²) in [5.41, 5.74) is 1.61. The van der Waals surface area contributed by atoms with Crippen LogP contribution in [0.15, 0.2) is 60.7 Å². The summed E-state index contributed by atoms with van der Waals surface area (Å²) in [6, 6.07) is 18.7. The number of carbonyl (C=O) groups excluding carboxylic acids is 2. The number of hydrogen-bond donors (Lipinski definition) is 0. The predicted octanol–water partition coefficient (Wildman–Crippen LogP) is 16.5. The second-order valence-electron chi connectivity index (χ2n) is 17.5. The van der Waals surface area contributed by atoms with Crippen molar-refractivity contribution in [2.24, 2.45) is 0 Å². The Kier molecular flexibility index (Phi) is 35.9. The molecule has 0 N–H and O–H groups in total. The van der Waals surface area contributed by atoms with E-state index in [9.17, 15) is 14.2 Å². The molecule has 0 unspecified atom stereocenters. The maximum absolute atomic E-state index is 14.0. The van der Waals surface area contributed by atoms with Gasteiger partial charge < -0.3 is 9.47 Å². The lowest BCUT2D eigenvalue weighted by Crippen LogP contribution is -2.29. The molecular weight excluding hydrogens is 796 g/mol. The first-order valence-electron chi connectivity index (χ1n) is 25.4. The number of hydrogen-bond acceptors (Lipinski definition) is 8. The van der Waals surface area contributed by atoms with Crippen LogP contribution in [0.3, 0.4) is 0 Å². The minimum Gasteiger partial charge on any atom is -0.462 e. The minimum atomic E-state index is -4.13. The van der Waals surface area contributed by atoms with E-state index in [0.717, 1.165) is 49.7 Å². The van der Waals surface area contributed by atoms with Crippen molar-refractivity contribution in [3.8, 4) is 0 Å². The highest BCUT2D eigenvalue weighted by Crippen LogP contribution is 2.51. The minimum absolute atomic E-state index is 0.00476. The molecule has 0 heterocycles. The Bertz CT molecular complexity index is 1310. The fraction of sp³-hybridized carbons (Fsp3) is 0.736. The van der Waals surface area contributed by atoms with Crippen molar-refractivity contribution in [3.05, 3.63) is 71.8 Å². The summed E-state index contributed by atoms with van der Waals surface area (Å²) in [6.07, 6.45) is 37.1. The van der Waals surface area contributed by atoms with E-state index in [1.54, 1.807) is 0 Å². The molecule has 9 heteroatoms. The van der Waals surface area contributed by atoms with E-state index in [1.165, 1.54) is 154 Å². The average molecular weight is 885 g/mol.